The molecule has 2 N–H and O–H groups in total. The molecule has 0 aliphatic carbocycles. The van der Waals surface area contributed by atoms with Crippen molar-refractivity contribution in [1.82, 2.24) is 19.3 Å². The zero-order valence-corrected chi connectivity index (χ0v) is 8.49. The van der Waals surface area contributed by atoms with Gasteiger partial charge >= 0.3 is 11.7 Å². The number of rotatable bonds is 3. The molecule has 16 heavy (non-hydrogen) atoms. The summed E-state index contributed by atoms with van der Waals surface area (Å²) in [6.07, 6.45) is 5.79. The lowest BCUT2D eigenvalue weighted by Gasteiger charge is -2.10. The number of carbonyl (C=O) groups is 1. The van der Waals surface area contributed by atoms with Crippen molar-refractivity contribution in [1.29, 1.82) is 0 Å². The third-order valence-electron chi connectivity index (χ3n) is 2.23. The minimum absolute atomic E-state index is 0.455. The first kappa shape index (κ1) is 10.2. The molecule has 2 aromatic rings. The highest BCUT2D eigenvalue weighted by molar-refractivity contribution is 5.75. The highest BCUT2D eigenvalue weighted by Crippen LogP contribution is 2.15. The van der Waals surface area contributed by atoms with Crippen molar-refractivity contribution in [2.75, 3.05) is 0 Å². The lowest BCUT2D eigenvalue weighted by atomic mass is 10.1. The summed E-state index contributed by atoms with van der Waals surface area (Å²) in [5.74, 6) is -1.10. The van der Waals surface area contributed by atoms with E-state index >= 15 is 0 Å². The number of H-pyrrole nitrogens is 1. The van der Waals surface area contributed by atoms with Crippen molar-refractivity contribution in [3.05, 3.63) is 40.8 Å². The van der Waals surface area contributed by atoms with Crippen LogP contribution < -0.4 is 5.69 Å². The van der Waals surface area contributed by atoms with Gasteiger partial charge in [0, 0.05) is 31.2 Å². The Hall–Kier alpha value is -2.31. The highest BCUT2D eigenvalue weighted by atomic mass is 16.4. The number of aryl methyl sites for hydroxylation is 1. The number of nitrogens with one attached hydrogen (secondary N) is 1. The predicted octanol–water partition coefficient (Wildman–Crippen LogP) is -0.416. The fourth-order valence-electron chi connectivity index (χ4n) is 1.54. The molecule has 84 valence electrons. The van der Waals surface area contributed by atoms with E-state index in [1.165, 1.54) is 23.3 Å². The van der Waals surface area contributed by atoms with E-state index in [0.29, 0.717) is 5.56 Å². The molecule has 0 spiro atoms. The normalized spacial score (nSPS) is 12.6. The zero-order chi connectivity index (χ0) is 11.7. The molecule has 0 saturated carbocycles. The van der Waals surface area contributed by atoms with Crippen molar-refractivity contribution in [3.63, 3.8) is 0 Å². The summed E-state index contributed by atoms with van der Waals surface area (Å²) in [6, 6.07) is -1.05. The minimum atomic E-state index is -1.10. The summed E-state index contributed by atoms with van der Waals surface area (Å²) in [4.78, 5) is 24.9. The topological polar surface area (TPSA) is 92.9 Å². The summed E-state index contributed by atoms with van der Waals surface area (Å²) in [6.45, 7) is 0. The van der Waals surface area contributed by atoms with E-state index < -0.39 is 17.7 Å². The Kier molecular flexibility index (Phi) is 2.35. The van der Waals surface area contributed by atoms with Crippen LogP contribution in [0.2, 0.25) is 0 Å². The van der Waals surface area contributed by atoms with Crippen LogP contribution in [0.4, 0.5) is 0 Å². The second-order valence-corrected chi connectivity index (χ2v) is 3.36. The fraction of sp³-hybridized carbons (Fsp3) is 0.222. The Morgan fingerprint density at radius 3 is 2.81 bits per heavy atom. The van der Waals surface area contributed by atoms with Crippen molar-refractivity contribution in [2.24, 2.45) is 7.05 Å². The fourth-order valence-corrected chi connectivity index (χ4v) is 1.54. The predicted molar refractivity (Wildman–Crippen MR) is 54.0 cm³/mol. The molecule has 1 unspecified atom stereocenters. The Morgan fingerprint density at radius 1 is 1.62 bits per heavy atom. The molecule has 0 saturated heterocycles. The molecular weight excluding hydrogens is 212 g/mol. The minimum Gasteiger partial charge on any atom is -0.479 e. The van der Waals surface area contributed by atoms with Crippen LogP contribution in [-0.2, 0) is 11.8 Å². The van der Waals surface area contributed by atoms with Gasteiger partial charge in [-0.1, -0.05) is 0 Å². The van der Waals surface area contributed by atoms with Gasteiger partial charge < -0.3 is 10.1 Å². The van der Waals surface area contributed by atoms with Gasteiger partial charge in [-0.3, -0.25) is 9.25 Å². The number of imidazole rings is 1. The Bertz CT molecular complexity index is 565. The average Bonchev–Trinajstić information content (AvgIpc) is 2.78. The second-order valence-electron chi connectivity index (χ2n) is 3.36. The second kappa shape index (κ2) is 3.69. The molecular formula is C9H10N4O3. The molecule has 0 amide bonds. The molecule has 0 fully saturated rings. The van der Waals surface area contributed by atoms with Crippen LogP contribution in [0.5, 0.6) is 0 Å². The zero-order valence-electron chi connectivity index (χ0n) is 8.49. The van der Waals surface area contributed by atoms with Gasteiger partial charge in [0.2, 0.25) is 0 Å². The lowest BCUT2D eigenvalue weighted by molar-refractivity contribution is -0.139. The van der Waals surface area contributed by atoms with Gasteiger partial charge in [0.25, 0.3) is 0 Å². The average molecular weight is 222 g/mol. The van der Waals surface area contributed by atoms with Gasteiger partial charge in [-0.25, -0.2) is 9.59 Å². The van der Waals surface area contributed by atoms with E-state index in [2.05, 4.69) is 10.1 Å². The number of aromatic nitrogens is 4. The summed E-state index contributed by atoms with van der Waals surface area (Å²) in [5.41, 5.74) is -0.00652. The molecule has 7 heteroatoms. The van der Waals surface area contributed by atoms with Crippen LogP contribution in [0.1, 0.15) is 11.6 Å². The van der Waals surface area contributed by atoms with E-state index in [0.717, 1.165) is 4.57 Å². The molecule has 0 radical (unpaired) electrons. The largest absolute Gasteiger partial charge is 0.479 e. The first-order valence-corrected chi connectivity index (χ1v) is 4.56. The summed E-state index contributed by atoms with van der Waals surface area (Å²) < 4.78 is 2.60. The number of carboxylic acid groups (broad SMARTS) is 1. The van der Waals surface area contributed by atoms with Crippen molar-refractivity contribution < 1.29 is 9.90 Å². The van der Waals surface area contributed by atoms with E-state index in [-0.39, 0.29) is 0 Å². The number of aromatic amines is 1. The lowest BCUT2D eigenvalue weighted by Crippen LogP contribution is -2.28. The summed E-state index contributed by atoms with van der Waals surface area (Å²) >= 11 is 0. The van der Waals surface area contributed by atoms with E-state index in [1.54, 1.807) is 13.2 Å². The van der Waals surface area contributed by atoms with Crippen LogP contribution in [0.25, 0.3) is 0 Å². The molecule has 1 atom stereocenters. The van der Waals surface area contributed by atoms with Crippen molar-refractivity contribution in [3.8, 4) is 0 Å². The molecule has 2 aromatic heterocycles. The molecule has 7 nitrogen and oxygen atoms in total. The maximum Gasteiger partial charge on any atom is 0.331 e. The van der Waals surface area contributed by atoms with Crippen LogP contribution in [0.15, 0.2) is 29.6 Å². The summed E-state index contributed by atoms with van der Waals surface area (Å²) in [7, 11) is 1.68. The van der Waals surface area contributed by atoms with Crippen LogP contribution in [0.3, 0.4) is 0 Å². The third-order valence-corrected chi connectivity index (χ3v) is 2.23. The molecule has 0 aliphatic rings. The van der Waals surface area contributed by atoms with Crippen LogP contribution >= 0.6 is 0 Å². The summed E-state index contributed by atoms with van der Waals surface area (Å²) in [5, 5.41) is 13.0. The van der Waals surface area contributed by atoms with Gasteiger partial charge in [-0.15, -0.1) is 0 Å². The standard InChI is InChI=1S/C9H10N4O3/c1-12-5-6(4-11-12)7(8(14)15)13-3-2-10-9(13)16/h2-5,7H,1H3,(H,10,16)(H,14,15). The Balaban J connectivity index is 2.51. The molecule has 2 heterocycles. The molecule has 0 bridgehead atoms. The SMILES string of the molecule is Cn1cc(C(C(=O)O)n2cc[nH]c2=O)cn1. The number of aliphatic carboxylic acids is 1. The van der Waals surface area contributed by atoms with E-state index in [1.807, 2.05) is 0 Å². The first-order valence-electron chi connectivity index (χ1n) is 4.56. The van der Waals surface area contributed by atoms with Gasteiger partial charge in [-0.2, -0.15) is 5.10 Å². The van der Waals surface area contributed by atoms with Crippen molar-refractivity contribution >= 4 is 5.97 Å². The number of nitrogens with zero attached hydrogens (tertiary/aromatic N) is 3. The van der Waals surface area contributed by atoms with E-state index in [4.69, 9.17) is 5.11 Å². The van der Waals surface area contributed by atoms with Gasteiger partial charge in [0.05, 0.1) is 6.20 Å². The van der Waals surface area contributed by atoms with E-state index in [9.17, 15) is 9.59 Å². The quantitative estimate of drug-likeness (QED) is 0.737. The number of hydrogen-bond donors (Lipinski definition) is 2. The maximum atomic E-state index is 11.4. The van der Waals surface area contributed by atoms with Gasteiger partial charge in [-0.05, 0) is 0 Å². The highest BCUT2D eigenvalue weighted by Gasteiger charge is 2.24. The number of hydrogen-bond acceptors (Lipinski definition) is 3. The molecule has 0 aromatic carbocycles. The van der Waals surface area contributed by atoms with Crippen LogP contribution in [-0.4, -0.2) is 30.4 Å². The monoisotopic (exact) mass is 222 g/mol. The number of carboxylic acids is 1. The Labute approximate surface area is 89.9 Å². The molecule has 0 aliphatic heterocycles. The van der Waals surface area contributed by atoms with Crippen LogP contribution in [0, 0.1) is 0 Å². The van der Waals surface area contributed by atoms with Gasteiger partial charge in [0.1, 0.15) is 0 Å². The maximum absolute atomic E-state index is 11.4. The third kappa shape index (κ3) is 1.62. The Morgan fingerprint density at radius 2 is 2.38 bits per heavy atom. The first-order chi connectivity index (χ1) is 7.59. The van der Waals surface area contributed by atoms with Gasteiger partial charge in [0.15, 0.2) is 6.04 Å². The molecule has 2 rings (SSSR count). The van der Waals surface area contributed by atoms with Crippen molar-refractivity contribution in [2.45, 2.75) is 6.04 Å². The smallest absolute Gasteiger partial charge is 0.331 e.